The Kier molecular flexibility index (Phi) is 6.32. The van der Waals surface area contributed by atoms with Crippen LogP contribution >= 0.6 is 11.8 Å². The van der Waals surface area contributed by atoms with Gasteiger partial charge in [-0.05, 0) is 54.1 Å². The first-order chi connectivity index (χ1) is 13.1. The second kappa shape index (κ2) is 9.09. The van der Waals surface area contributed by atoms with Gasteiger partial charge in [0.05, 0.1) is 5.75 Å². The maximum atomic E-state index is 12.9. The van der Waals surface area contributed by atoms with E-state index in [9.17, 15) is 13.6 Å². The zero-order valence-electron chi connectivity index (χ0n) is 14.2. The number of carbonyl (C=O) groups excluding carboxylic acids is 1. The molecule has 0 aliphatic carbocycles. The SMILES string of the molecule is O=C(CSc1ccc(NCc2ccc(F)cc2)nn1)Nc1ccc(F)cc1. The minimum atomic E-state index is -0.356. The molecule has 5 nitrogen and oxygen atoms in total. The Morgan fingerprint density at radius 1 is 0.889 bits per heavy atom. The Hall–Kier alpha value is -3.00. The molecule has 1 aromatic heterocycles. The molecule has 2 aromatic carbocycles. The standard InChI is InChI=1S/C19H16F2N4OS/c20-14-3-1-13(2-4-14)11-22-17-9-10-19(25-24-17)27-12-18(26)23-16-7-5-15(21)6-8-16/h1-10H,11-12H2,(H,22,24)(H,23,26). The number of rotatable bonds is 7. The van der Waals surface area contributed by atoms with Crippen molar-refractivity contribution in [1.82, 2.24) is 10.2 Å². The molecule has 0 fully saturated rings. The third kappa shape index (κ3) is 6.03. The summed E-state index contributed by atoms with van der Waals surface area (Å²) in [4.78, 5) is 11.9. The van der Waals surface area contributed by atoms with Gasteiger partial charge in [-0.15, -0.1) is 10.2 Å². The van der Waals surface area contributed by atoms with Gasteiger partial charge in [-0.2, -0.15) is 0 Å². The lowest BCUT2D eigenvalue weighted by Crippen LogP contribution is -2.14. The fourth-order valence-electron chi connectivity index (χ4n) is 2.16. The van der Waals surface area contributed by atoms with Crippen molar-refractivity contribution in [1.29, 1.82) is 0 Å². The highest BCUT2D eigenvalue weighted by Crippen LogP contribution is 2.17. The highest BCUT2D eigenvalue weighted by molar-refractivity contribution is 7.99. The molecule has 2 N–H and O–H groups in total. The number of hydrogen-bond acceptors (Lipinski definition) is 5. The molecule has 1 heterocycles. The summed E-state index contributed by atoms with van der Waals surface area (Å²) >= 11 is 1.25. The molecule has 0 saturated carbocycles. The summed E-state index contributed by atoms with van der Waals surface area (Å²) in [5, 5.41) is 14.5. The Labute approximate surface area is 159 Å². The third-order valence-electron chi connectivity index (χ3n) is 3.51. The van der Waals surface area contributed by atoms with E-state index in [2.05, 4.69) is 20.8 Å². The number of nitrogens with zero attached hydrogens (tertiary/aromatic N) is 2. The molecule has 0 bridgehead atoms. The Balaban J connectivity index is 1.45. The molecule has 0 saturated heterocycles. The lowest BCUT2D eigenvalue weighted by atomic mass is 10.2. The smallest absolute Gasteiger partial charge is 0.234 e. The molecular weight excluding hydrogens is 370 g/mol. The van der Waals surface area contributed by atoms with Crippen LogP contribution in [-0.2, 0) is 11.3 Å². The third-order valence-corrected chi connectivity index (χ3v) is 4.43. The van der Waals surface area contributed by atoms with Crippen LogP contribution in [0.25, 0.3) is 0 Å². The van der Waals surface area contributed by atoms with Crippen LogP contribution in [0.4, 0.5) is 20.3 Å². The normalized spacial score (nSPS) is 10.4. The molecule has 27 heavy (non-hydrogen) atoms. The number of thioether (sulfide) groups is 1. The minimum Gasteiger partial charge on any atom is -0.365 e. The summed E-state index contributed by atoms with van der Waals surface area (Å²) in [6.45, 7) is 0.502. The van der Waals surface area contributed by atoms with Gasteiger partial charge >= 0.3 is 0 Å². The molecule has 0 atom stereocenters. The van der Waals surface area contributed by atoms with Crippen LogP contribution in [0.3, 0.4) is 0 Å². The Morgan fingerprint density at radius 3 is 2.19 bits per heavy atom. The average molecular weight is 386 g/mol. The number of halogens is 2. The fraction of sp³-hybridized carbons (Fsp3) is 0.105. The van der Waals surface area contributed by atoms with E-state index in [-0.39, 0.29) is 23.3 Å². The largest absolute Gasteiger partial charge is 0.365 e. The lowest BCUT2D eigenvalue weighted by molar-refractivity contribution is -0.113. The van der Waals surface area contributed by atoms with Gasteiger partial charge in [0.1, 0.15) is 22.5 Å². The Bertz CT molecular complexity index is 887. The van der Waals surface area contributed by atoms with Crippen LogP contribution in [0.1, 0.15) is 5.56 Å². The van der Waals surface area contributed by atoms with Crippen molar-refractivity contribution >= 4 is 29.2 Å². The number of anilines is 2. The first-order valence-electron chi connectivity index (χ1n) is 8.09. The number of carbonyl (C=O) groups is 1. The molecule has 3 aromatic rings. The van der Waals surface area contributed by atoms with Crippen molar-refractivity contribution < 1.29 is 13.6 Å². The number of amides is 1. The molecule has 0 aliphatic rings. The van der Waals surface area contributed by atoms with E-state index >= 15 is 0 Å². The topological polar surface area (TPSA) is 66.9 Å². The van der Waals surface area contributed by atoms with Gasteiger partial charge in [-0.3, -0.25) is 4.79 Å². The maximum Gasteiger partial charge on any atom is 0.234 e. The molecular formula is C19H16F2N4OS. The molecule has 3 rings (SSSR count). The molecule has 8 heteroatoms. The van der Waals surface area contributed by atoms with E-state index in [1.54, 1.807) is 24.3 Å². The van der Waals surface area contributed by atoms with Crippen molar-refractivity contribution in [2.45, 2.75) is 11.6 Å². The molecule has 0 spiro atoms. The van der Waals surface area contributed by atoms with Gasteiger partial charge in [0.25, 0.3) is 0 Å². The minimum absolute atomic E-state index is 0.161. The molecule has 1 amide bonds. The second-order valence-corrected chi connectivity index (χ2v) is 6.58. The fourth-order valence-corrected chi connectivity index (χ4v) is 2.77. The molecule has 0 aliphatic heterocycles. The number of hydrogen-bond donors (Lipinski definition) is 2. The van der Waals surface area contributed by atoms with Crippen LogP contribution < -0.4 is 10.6 Å². The van der Waals surface area contributed by atoms with Gasteiger partial charge in [-0.1, -0.05) is 23.9 Å². The van der Waals surface area contributed by atoms with Gasteiger partial charge < -0.3 is 10.6 Å². The van der Waals surface area contributed by atoms with Crippen LogP contribution in [0.15, 0.2) is 65.7 Å². The van der Waals surface area contributed by atoms with Crippen molar-refractivity contribution in [3.8, 4) is 0 Å². The van der Waals surface area contributed by atoms with Crippen LogP contribution in [-0.4, -0.2) is 21.9 Å². The summed E-state index contributed by atoms with van der Waals surface area (Å²) in [5.41, 5.74) is 1.46. The van der Waals surface area contributed by atoms with Crippen LogP contribution in [0.5, 0.6) is 0 Å². The van der Waals surface area contributed by atoms with E-state index in [1.165, 1.54) is 48.2 Å². The monoisotopic (exact) mass is 386 g/mol. The number of benzene rings is 2. The molecule has 0 radical (unpaired) electrons. The van der Waals surface area contributed by atoms with Crippen molar-refractivity contribution in [2.75, 3.05) is 16.4 Å². The van der Waals surface area contributed by atoms with E-state index in [0.717, 1.165) is 5.56 Å². The summed E-state index contributed by atoms with van der Waals surface area (Å²) in [5.74, 6) is -0.102. The first kappa shape index (κ1) is 18.8. The molecule has 0 unspecified atom stereocenters. The maximum absolute atomic E-state index is 12.9. The highest BCUT2D eigenvalue weighted by Gasteiger charge is 2.06. The summed E-state index contributed by atoms with van der Waals surface area (Å²) in [6.07, 6.45) is 0. The second-order valence-electron chi connectivity index (χ2n) is 5.58. The molecule has 138 valence electrons. The summed E-state index contributed by atoms with van der Waals surface area (Å²) in [6, 6.07) is 15.3. The lowest BCUT2D eigenvalue weighted by Gasteiger charge is -2.06. The zero-order chi connectivity index (χ0) is 19.1. The number of aromatic nitrogens is 2. The van der Waals surface area contributed by atoms with Crippen molar-refractivity contribution in [3.05, 3.63) is 77.9 Å². The van der Waals surface area contributed by atoms with E-state index in [0.29, 0.717) is 23.1 Å². The van der Waals surface area contributed by atoms with Crippen LogP contribution in [0, 0.1) is 11.6 Å². The summed E-state index contributed by atoms with van der Waals surface area (Å²) in [7, 11) is 0. The average Bonchev–Trinajstić information content (AvgIpc) is 2.68. The highest BCUT2D eigenvalue weighted by atomic mass is 32.2. The van der Waals surface area contributed by atoms with Crippen molar-refractivity contribution in [2.24, 2.45) is 0 Å². The number of nitrogens with one attached hydrogen (secondary N) is 2. The van der Waals surface area contributed by atoms with Crippen molar-refractivity contribution in [3.63, 3.8) is 0 Å². The van der Waals surface area contributed by atoms with Gasteiger partial charge in [0.2, 0.25) is 5.91 Å². The first-order valence-corrected chi connectivity index (χ1v) is 9.07. The van der Waals surface area contributed by atoms with Crippen LogP contribution in [0.2, 0.25) is 0 Å². The van der Waals surface area contributed by atoms with Gasteiger partial charge in [0.15, 0.2) is 0 Å². The van der Waals surface area contributed by atoms with E-state index in [4.69, 9.17) is 0 Å². The van der Waals surface area contributed by atoms with Gasteiger partial charge in [-0.25, -0.2) is 8.78 Å². The zero-order valence-corrected chi connectivity index (χ0v) is 15.0. The van der Waals surface area contributed by atoms with E-state index in [1.807, 2.05) is 0 Å². The quantitative estimate of drug-likeness (QED) is 0.599. The van der Waals surface area contributed by atoms with Gasteiger partial charge in [0, 0.05) is 12.2 Å². The Morgan fingerprint density at radius 2 is 1.56 bits per heavy atom. The predicted octanol–water partition coefficient (Wildman–Crippen LogP) is 4.10. The summed E-state index contributed by atoms with van der Waals surface area (Å²) < 4.78 is 25.7. The van der Waals surface area contributed by atoms with E-state index < -0.39 is 0 Å². The predicted molar refractivity (Wildman–Crippen MR) is 102 cm³/mol.